The summed E-state index contributed by atoms with van der Waals surface area (Å²) in [7, 11) is 1.16. The molecule has 0 aliphatic heterocycles. The average molecular weight is 271 g/mol. The summed E-state index contributed by atoms with van der Waals surface area (Å²) >= 11 is 0. The number of methoxy groups -OCH3 is 1. The van der Waals surface area contributed by atoms with E-state index in [-0.39, 0.29) is 17.1 Å². The first-order valence-corrected chi connectivity index (χ1v) is 5.16. The van der Waals surface area contributed by atoms with E-state index < -0.39 is 22.6 Å². The van der Waals surface area contributed by atoms with Crippen LogP contribution in [0.5, 0.6) is 5.75 Å². The van der Waals surface area contributed by atoms with Gasteiger partial charge in [0.25, 0.3) is 10.9 Å². The van der Waals surface area contributed by atoms with E-state index in [9.17, 15) is 22.8 Å². The number of anilines is 2. The predicted octanol–water partition coefficient (Wildman–Crippen LogP) is 2.05. The molecule has 0 saturated carbocycles. The molecule has 0 bridgehead atoms. The van der Waals surface area contributed by atoms with Gasteiger partial charge in [-0.05, 0) is 12.1 Å². The summed E-state index contributed by atoms with van der Waals surface area (Å²) in [6.07, 6.45) is -4.56. The van der Waals surface area contributed by atoms with E-state index in [0.717, 1.165) is 13.2 Å². The summed E-state index contributed by atoms with van der Waals surface area (Å²) in [4.78, 5) is 22.3. The highest BCUT2D eigenvalue weighted by atomic mass is 19.4. The summed E-state index contributed by atoms with van der Waals surface area (Å²) < 4.78 is 42.8. The van der Waals surface area contributed by atoms with Crippen LogP contribution in [0.15, 0.2) is 33.9 Å². The minimum absolute atomic E-state index is 0.260. The standard InChI is InChI=1S/C12H8F3NO3/c1-19-11-8(9(17)10(11)18)16-7-5-3-2-4-6(7)12(13,14)15/h2-5,16H,1H3. The Kier molecular flexibility index (Phi) is 3.05. The van der Waals surface area contributed by atoms with Crippen LogP contribution in [0, 0.1) is 0 Å². The first-order chi connectivity index (χ1) is 8.86. The molecule has 0 spiro atoms. The first-order valence-electron chi connectivity index (χ1n) is 5.16. The van der Waals surface area contributed by atoms with Gasteiger partial charge in [0, 0.05) is 0 Å². The Labute approximate surface area is 105 Å². The van der Waals surface area contributed by atoms with E-state index >= 15 is 0 Å². The fourth-order valence-corrected chi connectivity index (χ4v) is 1.65. The lowest BCUT2D eigenvalue weighted by atomic mass is 10.1. The number of hydrogen-bond acceptors (Lipinski definition) is 4. The monoisotopic (exact) mass is 271 g/mol. The van der Waals surface area contributed by atoms with Gasteiger partial charge in [-0.1, -0.05) is 12.1 Å². The molecule has 0 saturated heterocycles. The molecule has 0 aromatic heterocycles. The molecule has 2 aromatic carbocycles. The Morgan fingerprint density at radius 2 is 1.74 bits per heavy atom. The largest absolute Gasteiger partial charge is 0.491 e. The second kappa shape index (κ2) is 4.42. The number of benzene rings is 1. The fourth-order valence-electron chi connectivity index (χ4n) is 1.65. The zero-order valence-corrected chi connectivity index (χ0v) is 9.67. The van der Waals surface area contributed by atoms with Crippen molar-refractivity contribution < 1.29 is 17.9 Å². The van der Waals surface area contributed by atoms with Crippen molar-refractivity contribution in [3.63, 3.8) is 0 Å². The summed E-state index contributed by atoms with van der Waals surface area (Å²) in [6, 6.07) is 4.66. The van der Waals surface area contributed by atoms with E-state index in [1.807, 2.05) is 0 Å². The maximum Gasteiger partial charge on any atom is 0.418 e. The van der Waals surface area contributed by atoms with Gasteiger partial charge in [0.15, 0.2) is 5.75 Å². The van der Waals surface area contributed by atoms with Crippen molar-refractivity contribution in [2.45, 2.75) is 6.18 Å². The molecule has 0 fully saturated rings. The molecule has 0 aliphatic carbocycles. The lowest BCUT2D eigenvalue weighted by Crippen LogP contribution is -2.34. The molecule has 0 atom stereocenters. The molecule has 2 rings (SSSR count). The van der Waals surface area contributed by atoms with Gasteiger partial charge in [-0.3, -0.25) is 9.59 Å². The van der Waals surface area contributed by atoms with Crippen LogP contribution < -0.4 is 20.9 Å². The van der Waals surface area contributed by atoms with Crippen LogP contribution in [0.4, 0.5) is 24.5 Å². The lowest BCUT2D eigenvalue weighted by molar-refractivity contribution is -0.136. The number of hydrogen-bond donors (Lipinski definition) is 1. The minimum atomic E-state index is -4.56. The van der Waals surface area contributed by atoms with Gasteiger partial charge in [0.2, 0.25) is 0 Å². The summed E-state index contributed by atoms with van der Waals surface area (Å²) in [6.45, 7) is 0. The number of nitrogens with one attached hydrogen (secondary N) is 1. The molecule has 0 unspecified atom stereocenters. The molecule has 0 radical (unpaired) electrons. The van der Waals surface area contributed by atoms with Crippen molar-refractivity contribution in [3.05, 3.63) is 50.3 Å². The van der Waals surface area contributed by atoms with E-state index in [0.29, 0.717) is 0 Å². The molecular formula is C12H8F3NO3. The van der Waals surface area contributed by atoms with Crippen LogP contribution in [-0.4, -0.2) is 7.11 Å². The summed E-state index contributed by atoms with van der Waals surface area (Å²) in [5.74, 6) is -0.262. The van der Waals surface area contributed by atoms with Crippen LogP contribution in [0.1, 0.15) is 5.56 Å². The van der Waals surface area contributed by atoms with Gasteiger partial charge >= 0.3 is 6.18 Å². The lowest BCUT2D eigenvalue weighted by Gasteiger charge is -2.16. The normalized spacial score (nSPS) is 11.6. The third kappa shape index (κ3) is 2.18. The highest BCUT2D eigenvalue weighted by Gasteiger charge is 2.34. The third-order valence-corrected chi connectivity index (χ3v) is 2.56. The van der Waals surface area contributed by atoms with Crippen LogP contribution in [0.25, 0.3) is 0 Å². The van der Waals surface area contributed by atoms with Gasteiger partial charge in [0.1, 0.15) is 5.69 Å². The van der Waals surface area contributed by atoms with Crippen LogP contribution in [-0.2, 0) is 6.18 Å². The zero-order valence-electron chi connectivity index (χ0n) is 9.67. The van der Waals surface area contributed by atoms with Gasteiger partial charge in [-0.25, -0.2) is 0 Å². The third-order valence-electron chi connectivity index (χ3n) is 2.56. The predicted molar refractivity (Wildman–Crippen MR) is 62.6 cm³/mol. The van der Waals surface area contributed by atoms with Crippen LogP contribution >= 0.6 is 0 Å². The van der Waals surface area contributed by atoms with E-state index in [2.05, 4.69) is 10.1 Å². The van der Waals surface area contributed by atoms with Gasteiger partial charge < -0.3 is 10.1 Å². The number of ether oxygens (including phenoxy) is 1. The Balaban J connectivity index is 2.43. The first kappa shape index (κ1) is 13.1. The smallest absolute Gasteiger partial charge is 0.418 e. The van der Waals surface area contributed by atoms with Crippen LogP contribution in [0.2, 0.25) is 0 Å². The van der Waals surface area contributed by atoms with Crippen molar-refractivity contribution >= 4 is 11.4 Å². The van der Waals surface area contributed by atoms with Crippen molar-refractivity contribution in [3.8, 4) is 5.75 Å². The van der Waals surface area contributed by atoms with Crippen molar-refractivity contribution in [2.75, 3.05) is 12.4 Å². The van der Waals surface area contributed by atoms with E-state index in [1.54, 1.807) is 0 Å². The number of para-hydroxylation sites is 1. The summed E-state index contributed by atoms with van der Waals surface area (Å²) in [5.41, 5.74) is -3.24. The maximum atomic E-state index is 12.7. The Morgan fingerprint density at radius 1 is 1.11 bits per heavy atom. The van der Waals surface area contributed by atoms with Gasteiger partial charge in [0.05, 0.1) is 18.4 Å². The van der Waals surface area contributed by atoms with Crippen molar-refractivity contribution in [2.24, 2.45) is 0 Å². The maximum absolute atomic E-state index is 12.7. The van der Waals surface area contributed by atoms with Gasteiger partial charge in [-0.15, -0.1) is 0 Å². The van der Waals surface area contributed by atoms with Crippen LogP contribution in [0.3, 0.4) is 0 Å². The summed E-state index contributed by atoms with van der Waals surface area (Å²) in [5, 5.41) is 2.30. The molecular weight excluding hydrogens is 263 g/mol. The minimum Gasteiger partial charge on any atom is -0.491 e. The molecule has 4 nitrogen and oxygen atoms in total. The molecule has 0 aliphatic rings. The van der Waals surface area contributed by atoms with Crippen molar-refractivity contribution in [1.29, 1.82) is 0 Å². The Hall–Kier alpha value is -2.31. The number of alkyl halides is 3. The SMILES string of the molecule is COc1c(Nc2ccccc2C(F)(F)F)c(=O)c1=O. The Morgan fingerprint density at radius 3 is 2.32 bits per heavy atom. The van der Waals surface area contributed by atoms with Gasteiger partial charge in [-0.2, -0.15) is 13.2 Å². The zero-order chi connectivity index (χ0) is 14.2. The topological polar surface area (TPSA) is 55.4 Å². The fraction of sp³-hybridized carbons (Fsp3) is 0.167. The molecule has 2 aromatic rings. The molecule has 7 heteroatoms. The average Bonchev–Trinajstić information content (AvgIpc) is 2.37. The molecule has 100 valence electrons. The highest BCUT2D eigenvalue weighted by Crippen LogP contribution is 2.36. The molecule has 0 amide bonds. The number of rotatable bonds is 3. The van der Waals surface area contributed by atoms with Crippen molar-refractivity contribution in [1.82, 2.24) is 0 Å². The second-order valence-electron chi connectivity index (χ2n) is 3.73. The highest BCUT2D eigenvalue weighted by molar-refractivity contribution is 5.71. The Bertz CT molecular complexity index is 684. The second-order valence-corrected chi connectivity index (χ2v) is 3.73. The molecule has 19 heavy (non-hydrogen) atoms. The quantitative estimate of drug-likeness (QED) is 0.868. The van der Waals surface area contributed by atoms with E-state index in [4.69, 9.17) is 0 Å². The number of halogens is 3. The molecule has 0 heterocycles. The van der Waals surface area contributed by atoms with E-state index in [1.165, 1.54) is 18.2 Å². The molecule has 1 N–H and O–H groups in total.